The van der Waals surface area contributed by atoms with Crippen molar-refractivity contribution in [2.75, 3.05) is 57.3 Å². The van der Waals surface area contributed by atoms with Crippen molar-refractivity contribution in [1.29, 1.82) is 0 Å². The van der Waals surface area contributed by atoms with E-state index in [9.17, 15) is 9.18 Å². The smallest absolute Gasteiger partial charge is 0.236 e. The Bertz CT molecular complexity index is 741. The Balaban J connectivity index is 0.00000225. The van der Waals surface area contributed by atoms with Crippen molar-refractivity contribution < 1.29 is 9.18 Å². The Morgan fingerprint density at radius 1 is 0.933 bits per heavy atom. The zero-order chi connectivity index (χ0) is 19.8. The molecule has 0 radical (unpaired) electrons. The second kappa shape index (κ2) is 13.4. The molecule has 0 saturated carbocycles. The number of nitrogens with two attached hydrogens (primary N) is 1. The molecular weight excluding hydrogens is 426 g/mol. The zero-order valence-electron chi connectivity index (χ0n) is 17.1. The van der Waals surface area contributed by atoms with Gasteiger partial charge in [-0.25, -0.2) is 4.39 Å². The first-order valence-electron chi connectivity index (χ1n) is 9.90. The number of nitrogens with zero attached hydrogens (tertiary/aromatic N) is 3. The molecule has 1 aliphatic rings. The number of amides is 1. The number of halogens is 3. The van der Waals surface area contributed by atoms with Crippen LogP contribution in [0.3, 0.4) is 0 Å². The van der Waals surface area contributed by atoms with Gasteiger partial charge in [0.15, 0.2) is 0 Å². The summed E-state index contributed by atoms with van der Waals surface area (Å²) in [6.45, 7) is 5.38. The van der Waals surface area contributed by atoms with Gasteiger partial charge in [-0.15, -0.1) is 24.8 Å². The summed E-state index contributed by atoms with van der Waals surface area (Å²) < 4.78 is 13.1. The lowest BCUT2D eigenvalue weighted by atomic mass is 10.1. The van der Waals surface area contributed by atoms with Crippen LogP contribution in [-0.4, -0.2) is 68.1 Å². The van der Waals surface area contributed by atoms with Crippen molar-refractivity contribution in [3.05, 3.63) is 66.0 Å². The molecule has 0 atom stereocenters. The highest BCUT2D eigenvalue weighted by Gasteiger charge is 2.22. The number of carbonyl (C=O) groups excluding carboxylic acids is 1. The first-order valence-corrected chi connectivity index (χ1v) is 9.90. The molecule has 2 N–H and O–H groups in total. The molecule has 166 valence electrons. The summed E-state index contributed by atoms with van der Waals surface area (Å²) in [4.78, 5) is 19.0. The van der Waals surface area contributed by atoms with Gasteiger partial charge in [0, 0.05) is 51.5 Å². The predicted molar refractivity (Wildman–Crippen MR) is 125 cm³/mol. The van der Waals surface area contributed by atoms with E-state index in [-0.39, 0.29) is 36.5 Å². The van der Waals surface area contributed by atoms with Crippen molar-refractivity contribution in [2.24, 2.45) is 5.73 Å². The normalized spacial score (nSPS) is 13.6. The Morgan fingerprint density at radius 3 is 2.17 bits per heavy atom. The van der Waals surface area contributed by atoms with E-state index in [1.165, 1.54) is 17.7 Å². The molecule has 3 rings (SSSR count). The maximum Gasteiger partial charge on any atom is 0.236 e. The van der Waals surface area contributed by atoms with E-state index < -0.39 is 0 Å². The van der Waals surface area contributed by atoms with Gasteiger partial charge in [0.25, 0.3) is 0 Å². The summed E-state index contributed by atoms with van der Waals surface area (Å²) in [5.74, 6) is -0.0756. The maximum absolute atomic E-state index is 13.1. The van der Waals surface area contributed by atoms with Crippen LogP contribution >= 0.6 is 24.8 Å². The Morgan fingerprint density at radius 2 is 1.57 bits per heavy atom. The monoisotopic (exact) mass is 456 g/mol. The van der Waals surface area contributed by atoms with Crippen LogP contribution in [0.25, 0.3) is 0 Å². The minimum absolute atomic E-state index is 0. The highest BCUT2D eigenvalue weighted by Crippen LogP contribution is 2.17. The molecule has 0 bridgehead atoms. The molecule has 1 amide bonds. The number of piperazine rings is 1. The van der Waals surface area contributed by atoms with Crippen molar-refractivity contribution in [2.45, 2.75) is 6.42 Å². The van der Waals surface area contributed by atoms with Crippen LogP contribution in [0, 0.1) is 5.82 Å². The first-order chi connectivity index (χ1) is 13.7. The van der Waals surface area contributed by atoms with Gasteiger partial charge in [0.1, 0.15) is 5.82 Å². The van der Waals surface area contributed by atoms with Gasteiger partial charge in [-0.2, -0.15) is 0 Å². The molecule has 30 heavy (non-hydrogen) atoms. The fourth-order valence-electron chi connectivity index (χ4n) is 3.54. The summed E-state index contributed by atoms with van der Waals surface area (Å²) in [7, 11) is 0. The molecule has 1 heterocycles. The molecule has 2 aromatic carbocycles. The lowest BCUT2D eigenvalue weighted by Crippen LogP contribution is -2.51. The minimum Gasteiger partial charge on any atom is -0.368 e. The summed E-state index contributed by atoms with van der Waals surface area (Å²) in [5.41, 5.74) is 8.02. The summed E-state index contributed by atoms with van der Waals surface area (Å²) in [5, 5.41) is 0. The summed E-state index contributed by atoms with van der Waals surface area (Å²) >= 11 is 0. The van der Waals surface area contributed by atoms with Gasteiger partial charge in [-0.1, -0.05) is 30.3 Å². The SMILES string of the molecule is Cl.Cl.NCCN(CCc1ccccc1)CC(=O)N1CCN(c2ccc(F)cc2)CC1. The van der Waals surface area contributed by atoms with E-state index in [1.807, 2.05) is 23.1 Å². The van der Waals surface area contributed by atoms with Crippen LogP contribution in [0.2, 0.25) is 0 Å². The van der Waals surface area contributed by atoms with E-state index in [0.717, 1.165) is 31.7 Å². The fraction of sp³-hybridized carbons (Fsp3) is 0.409. The third-order valence-electron chi connectivity index (χ3n) is 5.19. The van der Waals surface area contributed by atoms with E-state index in [4.69, 9.17) is 5.73 Å². The Hall–Kier alpha value is -1.86. The summed E-state index contributed by atoms with van der Waals surface area (Å²) in [6.07, 6.45) is 0.909. The standard InChI is InChI=1S/C22H29FN4O.2ClH/c23-20-6-8-21(9-7-20)26-14-16-27(17-15-26)22(28)18-25(13-11-24)12-10-19-4-2-1-3-5-19;;/h1-9H,10-18,24H2;2*1H. The quantitative estimate of drug-likeness (QED) is 0.663. The van der Waals surface area contributed by atoms with E-state index in [2.05, 4.69) is 21.9 Å². The predicted octanol–water partition coefficient (Wildman–Crippen LogP) is 2.82. The second-order valence-electron chi connectivity index (χ2n) is 7.14. The number of hydrogen-bond acceptors (Lipinski definition) is 4. The molecule has 2 aromatic rings. The van der Waals surface area contributed by atoms with Crippen LogP contribution in [0.15, 0.2) is 54.6 Å². The second-order valence-corrected chi connectivity index (χ2v) is 7.14. The molecule has 5 nitrogen and oxygen atoms in total. The van der Waals surface area contributed by atoms with Crippen molar-refractivity contribution in [1.82, 2.24) is 9.80 Å². The van der Waals surface area contributed by atoms with Crippen LogP contribution < -0.4 is 10.6 Å². The molecule has 1 aliphatic heterocycles. The number of anilines is 1. The average molecular weight is 457 g/mol. The molecule has 0 spiro atoms. The van der Waals surface area contributed by atoms with Gasteiger partial charge in [0.05, 0.1) is 6.54 Å². The number of benzene rings is 2. The Kier molecular flexibility index (Phi) is 11.7. The largest absolute Gasteiger partial charge is 0.368 e. The maximum atomic E-state index is 13.1. The van der Waals surface area contributed by atoms with Gasteiger partial charge in [-0.05, 0) is 36.2 Å². The molecule has 0 aliphatic carbocycles. The summed E-state index contributed by atoms with van der Waals surface area (Å²) in [6, 6.07) is 16.8. The highest BCUT2D eigenvalue weighted by atomic mass is 35.5. The number of carbonyl (C=O) groups is 1. The minimum atomic E-state index is -0.229. The first kappa shape index (κ1) is 26.2. The van der Waals surface area contributed by atoms with Gasteiger partial charge < -0.3 is 15.5 Å². The van der Waals surface area contributed by atoms with Crippen molar-refractivity contribution >= 4 is 36.4 Å². The highest BCUT2D eigenvalue weighted by molar-refractivity contribution is 5.85. The molecule has 0 unspecified atom stereocenters. The van der Waals surface area contributed by atoms with E-state index in [1.54, 1.807) is 12.1 Å². The van der Waals surface area contributed by atoms with Crippen LogP contribution in [0.1, 0.15) is 5.56 Å². The fourth-order valence-corrected chi connectivity index (χ4v) is 3.54. The molecular formula is C22H31Cl2FN4O. The third-order valence-corrected chi connectivity index (χ3v) is 5.19. The Labute approximate surface area is 190 Å². The van der Waals surface area contributed by atoms with E-state index >= 15 is 0 Å². The molecule has 8 heteroatoms. The van der Waals surface area contributed by atoms with Crippen molar-refractivity contribution in [3.8, 4) is 0 Å². The van der Waals surface area contributed by atoms with Crippen molar-refractivity contribution in [3.63, 3.8) is 0 Å². The molecule has 1 saturated heterocycles. The third kappa shape index (κ3) is 7.76. The van der Waals surface area contributed by atoms with Gasteiger partial charge in [-0.3, -0.25) is 9.69 Å². The number of hydrogen-bond donors (Lipinski definition) is 1. The lowest BCUT2D eigenvalue weighted by molar-refractivity contribution is -0.132. The topological polar surface area (TPSA) is 52.8 Å². The zero-order valence-corrected chi connectivity index (χ0v) is 18.7. The van der Waals surface area contributed by atoms with Crippen LogP contribution in [0.4, 0.5) is 10.1 Å². The van der Waals surface area contributed by atoms with Crippen LogP contribution in [-0.2, 0) is 11.2 Å². The van der Waals surface area contributed by atoms with Crippen LogP contribution in [0.5, 0.6) is 0 Å². The van der Waals surface area contributed by atoms with E-state index in [0.29, 0.717) is 32.7 Å². The molecule has 1 fully saturated rings. The average Bonchev–Trinajstić information content (AvgIpc) is 2.73. The molecule has 0 aromatic heterocycles. The van der Waals surface area contributed by atoms with Gasteiger partial charge in [0.2, 0.25) is 5.91 Å². The van der Waals surface area contributed by atoms with Gasteiger partial charge >= 0.3 is 0 Å². The number of rotatable bonds is 8. The lowest BCUT2D eigenvalue weighted by Gasteiger charge is -2.37.